The second kappa shape index (κ2) is 7.38. The maximum atomic E-state index is 4.37. The lowest BCUT2D eigenvalue weighted by atomic mass is 10.1. The van der Waals surface area contributed by atoms with Crippen molar-refractivity contribution in [1.82, 2.24) is 9.91 Å². The molecule has 120 valence electrons. The molecule has 0 radical (unpaired) electrons. The molecule has 0 aromatic heterocycles. The number of hydrogen-bond donors (Lipinski definition) is 0. The largest absolute Gasteiger partial charge is 0.295 e. The number of benzene rings is 2. The molecule has 1 aliphatic heterocycles. The molecule has 1 aliphatic rings. The Labute approximate surface area is 138 Å². The van der Waals surface area contributed by atoms with Crippen LogP contribution in [-0.4, -0.2) is 36.1 Å². The van der Waals surface area contributed by atoms with Gasteiger partial charge in [0, 0.05) is 19.6 Å². The third-order valence-corrected chi connectivity index (χ3v) is 4.32. The van der Waals surface area contributed by atoms with Crippen LogP contribution in [0.2, 0.25) is 0 Å². The van der Waals surface area contributed by atoms with E-state index in [9.17, 15) is 0 Å². The van der Waals surface area contributed by atoms with Crippen LogP contribution in [0.25, 0.3) is 0 Å². The quantitative estimate of drug-likeness (QED) is 0.796. The molecule has 2 aromatic rings. The Morgan fingerprint density at radius 1 is 0.870 bits per heavy atom. The van der Waals surface area contributed by atoms with E-state index in [1.807, 2.05) is 12.1 Å². The summed E-state index contributed by atoms with van der Waals surface area (Å²) in [7, 11) is 0. The van der Waals surface area contributed by atoms with E-state index in [1.54, 1.807) is 0 Å². The van der Waals surface area contributed by atoms with Gasteiger partial charge in [0.1, 0.15) is 0 Å². The van der Waals surface area contributed by atoms with Gasteiger partial charge in [-0.2, -0.15) is 0 Å². The first-order valence-electron chi connectivity index (χ1n) is 8.21. The molecule has 4 heteroatoms. The monoisotopic (exact) mass is 308 g/mol. The first-order chi connectivity index (χ1) is 11.2. The van der Waals surface area contributed by atoms with Crippen LogP contribution in [0.15, 0.2) is 58.9 Å². The van der Waals surface area contributed by atoms with Gasteiger partial charge in [0.2, 0.25) is 0 Å². The average Bonchev–Trinajstić information content (AvgIpc) is 2.58. The molecule has 1 saturated heterocycles. The van der Waals surface area contributed by atoms with Crippen molar-refractivity contribution >= 4 is 5.69 Å². The fourth-order valence-corrected chi connectivity index (χ4v) is 2.74. The van der Waals surface area contributed by atoms with Crippen LogP contribution in [0, 0.1) is 13.8 Å². The van der Waals surface area contributed by atoms with E-state index in [-0.39, 0.29) is 0 Å². The molecule has 2 aromatic carbocycles. The third-order valence-electron chi connectivity index (χ3n) is 4.32. The summed E-state index contributed by atoms with van der Waals surface area (Å²) < 4.78 is 0. The lowest BCUT2D eigenvalue weighted by Crippen LogP contribution is -2.43. The molecule has 0 unspecified atom stereocenters. The Morgan fingerprint density at radius 3 is 2.26 bits per heavy atom. The van der Waals surface area contributed by atoms with Gasteiger partial charge >= 0.3 is 0 Å². The van der Waals surface area contributed by atoms with E-state index in [1.165, 1.54) is 16.7 Å². The van der Waals surface area contributed by atoms with Crippen molar-refractivity contribution in [1.29, 1.82) is 0 Å². The Morgan fingerprint density at radius 2 is 1.57 bits per heavy atom. The normalized spacial score (nSPS) is 16.2. The lowest BCUT2D eigenvalue weighted by Gasteiger charge is -2.32. The van der Waals surface area contributed by atoms with Crippen LogP contribution in [0.4, 0.5) is 5.69 Å². The summed E-state index contributed by atoms with van der Waals surface area (Å²) >= 11 is 0. The van der Waals surface area contributed by atoms with Gasteiger partial charge < -0.3 is 0 Å². The summed E-state index contributed by atoms with van der Waals surface area (Å²) in [6, 6.07) is 16.8. The summed E-state index contributed by atoms with van der Waals surface area (Å²) in [4.78, 5) is 2.49. The maximum absolute atomic E-state index is 4.37. The zero-order chi connectivity index (χ0) is 16.1. The van der Waals surface area contributed by atoms with Crippen LogP contribution in [0.1, 0.15) is 16.7 Å². The minimum Gasteiger partial charge on any atom is -0.295 e. The number of hydrogen-bond acceptors (Lipinski definition) is 3. The van der Waals surface area contributed by atoms with Gasteiger partial charge in [-0.15, -0.1) is 5.11 Å². The van der Waals surface area contributed by atoms with Gasteiger partial charge in [0.05, 0.1) is 18.8 Å². The third kappa shape index (κ3) is 4.39. The van der Waals surface area contributed by atoms with Crippen LogP contribution in [0.5, 0.6) is 0 Å². The first-order valence-corrected chi connectivity index (χ1v) is 8.21. The predicted molar refractivity (Wildman–Crippen MR) is 93.7 cm³/mol. The van der Waals surface area contributed by atoms with Crippen molar-refractivity contribution in [3.8, 4) is 0 Å². The molecule has 4 nitrogen and oxygen atoms in total. The van der Waals surface area contributed by atoms with E-state index < -0.39 is 0 Å². The molecule has 0 atom stereocenters. The molecule has 0 bridgehead atoms. The van der Waals surface area contributed by atoms with Gasteiger partial charge in [-0.1, -0.05) is 47.2 Å². The Balaban J connectivity index is 1.50. The number of piperazine rings is 1. The predicted octanol–water partition coefficient (Wildman–Crippen LogP) is 4.12. The second-order valence-corrected chi connectivity index (χ2v) is 6.18. The summed E-state index contributed by atoms with van der Waals surface area (Å²) in [5.41, 5.74) is 4.95. The Kier molecular flexibility index (Phi) is 5.03. The van der Waals surface area contributed by atoms with Crippen molar-refractivity contribution in [2.24, 2.45) is 10.3 Å². The van der Waals surface area contributed by atoms with Gasteiger partial charge in [-0.05, 0) is 37.1 Å². The van der Waals surface area contributed by atoms with Gasteiger partial charge in [0.25, 0.3) is 0 Å². The highest BCUT2D eigenvalue weighted by atomic mass is 15.6. The highest BCUT2D eigenvalue weighted by Crippen LogP contribution is 2.15. The fourth-order valence-electron chi connectivity index (χ4n) is 2.74. The van der Waals surface area contributed by atoms with E-state index in [4.69, 9.17) is 0 Å². The molecule has 0 spiro atoms. The molecule has 3 rings (SSSR count). The Bertz CT molecular complexity index is 655. The summed E-state index contributed by atoms with van der Waals surface area (Å²) in [5.74, 6) is 0. The number of nitrogens with zero attached hydrogens (tertiary/aromatic N) is 4. The summed E-state index contributed by atoms with van der Waals surface area (Å²) in [6.45, 7) is 9.20. The SMILES string of the molecule is Cc1ccc(N=NN2CCN(Cc3ccccc3C)CC2)cc1. The van der Waals surface area contributed by atoms with Crippen LogP contribution < -0.4 is 0 Å². The van der Waals surface area contributed by atoms with Gasteiger partial charge in [-0.3, -0.25) is 9.91 Å². The maximum Gasteiger partial charge on any atom is 0.0874 e. The van der Waals surface area contributed by atoms with E-state index in [2.05, 4.69) is 70.5 Å². The molecular formula is C19H24N4. The standard InChI is InChI=1S/C19H24N4/c1-16-7-9-19(10-8-16)20-21-23-13-11-22(12-14-23)15-18-6-4-3-5-17(18)2/h3-10H,11-15H2,1-2H3. The molecule has 0 amide bonds. The van der Waals surface area contributed by atoms with Crippen molar-refractivity contribution in [2.75, 3.05) is 26.2 Å². The van der Waals surface area contributed by atoms with Crippen molar-refractivity contribution in [3.63, 3.8) is 0 Å². The fraction of sp³-hybridized carbons (Fsp3) is 0.368. The topological polar surface area (TPSA) is 31.2 Å². The average molecular weight is 308 g/mol. The molecular weight excluding hydrogens is 284 g/mol. The lowest BCUT2D eigenvalue weighted by molar-refractivity contribution is 0.124. The van der Waals surface area contributed by atoms with Gasteiger partial charge in [0.15, 0.2) is 0 Å². The van der Waals surface area contributed by atoms with E-state index in [0.29, 0.717) is 0 Å². The van der Waals surface area contributed by atoms with Crippen LogP contribution in [-0.2, 0) is 6.54 Å². The molecule has 23 heavy (non-hydrogen) atoms. The summed E-state index contributed by atoms with van der Waals surface area (Å²) in [5, 5.41) is 10.8. The van der Waals surface area contributed by atoms with E-state index >= 15 is 0 Å². The highest BCUT2D eigenvalue weighted by molar-refractivity contribution is 5.37. The molecule has 1 fully saturated rings. The smallest absolute Gasteiger partial charge is 0.0874 e. The molecule has 0 saturated carbocycles. The second-order valence-electron chi connectivity index (χ2n) is 6.18. The van der Waals surface area contributed by atoms with Crippen molar-refractivity contribution in [3.05, 3.63) is 65.2 Å². The van der Waals surface area contributed by atoms with Gasteiger partial charge in [-0.25, -0.2) is 0 Å². The summed E-state index contributed by atoms with van der Waals surface area (Å²) in [6.07, 6.45) is 0. The van der Waals surface area contributed by atoms with Crippen molar-refractivity contribution in [2.45, 2.75) is 20.4 Å². The molecule has 0 aliphatic carbocycles. The molecule has 0 N–H and O–H groups in total. The zero-order valence-corrected chi connectivity index (χ0v) is 13.9. The van der Waals surface area contributed by atoms with Crippen LogP contribution in [0.3, 0.4) is 0 Å². The first kappa shape index (κ1) is 15.7. The van der Waals surface area contributed by atoms with Crippen molar-refractivity contribution < 1.29 is 0 Å². The minimum absolute atomic E-state index is 0.915. The highest BCUT2D eigenvalue weighted by Gasteiger charge is 2.16. The number of aryl methyl sites for hydroxylation is 2. The number of rotatable bonds is 4. The Hall–Kier alpha value is -2.20. The minimum atomic E-state index is 0.915. The molecule has 1 heterocycles. The van der Waals surface area contributed by atoms with Crippen LogP contribution >= 0.6 is 0 Å². The zero-order valence-electron chi connectivity index (χ0n) is 13.9. The van der Waals surface area contributed by atoms with E-state index in [0.717, 1.165) is 38.4 Å².